The monoisotopic (exact) mass is 335 g/mol. The molecular weight excluding hydrogens is 322 g/mol. The molecule has 0 aliphatic heterocycles. The van der Waals surface area contributed by atoms with Gasteiger partial charge in [0.25, 0.3) is 11.8 Å². The number of carbonyl (C=O) groups is 2. The van der Waals surface area contributed by atoms with Crippen molar-refractivity contribution in [2.45, 2.75) is 0 Å². The van der Waals surface area contributed by atoms with E-state index in [2.05, 4.69) is 10.3 Å². The van der Waals surface area contributed by atoms with E-state index >= 15 is 0 Å². The van der Waals surface area contributed by atoms with Gasteiger partial charge in [-0.1, -0.05) is 11.6 Å². The minimum Gasteiger partial charge on any atom is -0.495 e. The molecule has 1 heterocycles. The standard InChI is InChI=1S/C15H14ClN3O4/c1-22-12-6-11(13(23-2)5-9(12)16)19-15(21)8-3-4-10(14(17)20)18-7-8/h3-7H,1-2H3,(H2,17,20)(H,19,21). The van der Waals surface area contributed by atoms with E-state index in [0.717, 1.165) is 0 Å². The molecule has 0 fully saturated rings. The molecule has 8 heteroatoms. The predicted molar refractivity (Wildman–Crippen MR) is 85.3 cm³/mol. The maximum Gasteiger partial charge on any atom is 0.267 e. The number of pyridine rings is 1. The van der Waals surface area contributed by atoms with E-state index in [-0.39, 0.29) is 11.3 Å². The number of ether oxygens (including phenoxy) is 2. The average Bonchev–Trinajstić information content (AvgIpc) is 2.55. The number of hydrogen-bond acceptors (Lipinski definition) is 5. The number of carbonyl (C=O) groups excluding carboxylic acids is 2. The highest BCUT2D eigenvalue weighted by Crippen LogP contribution is 2.36. The molecule has 0 radical (unpaired) electrons. The van der Waals surface area contributed by atoms with Gasteiger partial charge in [-0.15, -0.1) is 0 Å². The minimum atomic E-state index is -0.666. The average molecular weight is 336 g/mol. The number of nitrogens with zero attached hydrogens (tertiary/aromatic N) is 1. The number of nitrogens with two attached hydrogens (primary N) is 1. The van der Waals surface area contributed by atoms with Crippen molar-refractivity contribution in [3.05, 3.63) is 46.7 Å². The van der Waals surface area contributed by atoms with Crippen LogP contribution in [-0.2, 0) is 0 Å². The van der Waals surface area contributed by atoms with Crippen LogP contribution in [0.4, 0.5) is 5.69 Å². The van der Waals surface area contributed by atoms with Crippen molar-refractivity contribution in [1.29, 1.82) is 0 Å². The highest BCUT2D eigenvalue weighted by Gasteiger charge is 2.14. The molecule has 0 aliphatic rings. The Balaban J connectivity index is 2.27. The summed E-state index contributed by atoms with van der Waals surface area (Å²) in [6, 6.07) is 5.90. The Morgan fingerprint density at radius 1 is 1.17 bits per heavy atom. The zero-order chi connectivity index (χ0) is 17.0. The van der Waals surface area contributed by atoms with Gasteiger partial charge in [0.15, 0.2) is 0 Å². The van der Waals surface area contributed by atoms with E-state index in [1.165, 1.54) is 38.6 Å². The van der Waals surface area contributed by atoms with Gasteiger partial charge in [-0.3, -0.25) is 14.6 Å². The molecule has 7 nitrogen and oxygen atoms in total. The van der Waals surface area contributed by atoms with Gasteiger partial charge in [-0.05, 0) is 12.1 Å². The summed E-state index contributed by atoms with van der Waals surface area (Å²) in [5, 5.41) is 3.03. The predicted octanol–water partition coefficient (Wildman–Crippen LogP) is 2.10. The van der Waals surface area contributed by atoms with E-state index in [1.54, 1.807) is 6.07 Å². The van der Waals surface area contributed by atoms with Crippen molar-refractivity contribution >= 4 is 29.1 Å². The van der Waals surface area contributed by atoms with Crippen LogP contribution in [0.3, 0.4) is 0 Å². The molecule has 1 aromatic carbocycles. The van der Waals surface area contributed by atoms with Gasteiger partial charge >= 0.3 is 0 Å². The van der Waals surface area contributed by atoms with Crippen LogP contribution >= 0.6 is 11.6 Å². The SMILES string of the molecule is COc1cc(NC(=O)c2ccc(C(N)=O)nc2)c(OC)cc1Cl. The first-order valence-corrected chi connectivity index (χ1v) is 6.82. The van der Waals surface area contributed by atoms with Crippen LogP contribution < -0.4 is 20.5 Å². The van der Waals surface area contributed by atoms with Gasteiger partial charge in [-0.25, -0.2) is 0 Å². The third-order valence-corrected chi connectivity index (χ3v) is 3.30. The first-order chi connectivity index (χ1) is 11.0. The number of hydrogen-bond donors (Lipinski definition) is 2. The molecule has 0 aliphatic carbocycles. The summed E-state index contributed by atoms with van der Waals surface area (Å²) in [4.78, 5) is 27.0. The van der Waals surface area contributed by atoms with Crippen molar-refractivity contribution in [3.63, 3.8) is 0 Å². The third kappa shape index (κ3) is 3.70. The van der Waals surface area contributed by atoms with E-state index < -0.39 is 11.8 Å². The normalized spacial score (nSPS) is 10.0. The Bertz CT molecular complexity index is 747. The minimum absolute atomic E-state index is 0.0762. The van der Waals surface area contributed by atoms with Gasteiger partial charge in [0.05, 0.1) is 30.5 Å². The van der Waals surface area contributed by atoms with Gasteiger partial charge in [0.2, 0.25) is 0 Å². The Morgan fingerprint density at radius 3 is 2.39 bits per heavy atom. The molecule has 0 unspecified atom stereocenters. The van der Waals surface area contributed by atoms with Crippen LogP contribution in [0.1, 0.15) is 20.8 Å². The lowest BCUT2D eigenvalue weighted by atomic mass is 10.2. The second-order valence-corrected chi connectivity index (χ2v) is 4.84. The van der Waals surface area contributed by atoms with Crippen LogP contribution in [0.2, 0.25) is 5.02 Å². The Labute approximate surface area is 137 Å². The van der Waals surface area contributed by atoms with Gasteiger partial charge < -0.3 is 20.5 Å². The van der Waals surface area contributed by atoms with Gasteiger partial charge in [-0.2, -0.15) is 0 Å². The van der Waals surface area contributed by atoms with Crippen LogP contribution in [-0.4, -0.2) is 31.0 Å². The Morgan fingerprint density at radius 2 is 1.87 bits per heavy atom. The molecular formula is C15H14ClN3O4. The zero-order valence-corrected chi connectivity index (χ0v) is 13.2. The summed E-state index contributed by atoms with van der Waals surface area (Å²) in [5.41, 5.74) is 5.82. The fourth-order valence-corrected chi connectivity index (χ4v) is 2.06. The smallest absolute Gasteiger partial charge is 0.267 e. The van der Waals surface area contributed by atoms with Crippen LogP contribution in [0.25, 0.3) is 0 Å². The summed E-state index contributed by atoms with van der Waals surface area (Å²) < 4.78 is 10.3. The lowest BCUT2D eigenvalue weighted by Gasteiger charge is -2.13. The number of halogens is 1. The number of amides is 2. The van der Waals surface area contributed by atoms with E-state index in [9.17, 15) is 9.59 Å². The fraction of sp³-hybridized carbons (Fsp3) is 0.133. The number of rotatable bonds is 5. The summed E-state index contributed by atoms with van der Waals surface area (Å²) in [6.07, 6.45) is 1.26. The van der Waals surface area contributed by atoms with E-state index in [0.29, 0.717) is 22.2 Å². The van der Waals surface area contributed by atoms with Crippen LogP contribution in [0.5, 0.6) is 11.5 Å². The number of anilines is 1. The Hall–Kier alpha value is -2.80. The molecule has 0 atom stereocenters. The molecule has 23 heavy (non-hydrogen) atoms. The molecule has 0 bridgehead atoms. The fourth-order valence-electron chi connectivity index (χ4n) is 1.83. The molecule has 2 rings (SSSR count). The third-order valence-electron chi connectivity index (χ3n) is 3.00. The summed E-state index contributed by atoms with van der Waals surface area (Å²) >= 11 is 6.01. The number of primary amides is 1. The molecule has 3 N–H and O–H groups in total. The largest absolute Gasteiger partial charge is 0.495 e. The summed E-state index contributed by atoms with van der Waals surface area (Å²) in [7, 11) is 2.92. The van der Waals surface area contributed by atoms with Crippen molar-refractivity contribution in [3.8, 4) is 11.5 Å². The molecule has 0 saturated heterocycles. The molecule has 2 aromatic rings. The summed E-state index contributed by atoms with van der Waals surface area (Å²) in [6.45, 7) is 0. The Kier molecular flexibility index (Phi) is 5.02. The summed E-state index contributed by atoms with van der Waals surface area (Å²) in [5.74, 6) is -0.326. The molecule has 0 saturated carbocycles. The molecule has 120 valence electrons. The van der Waals surface area contributed by atoms with Crippen molar-refractivity contribution < 1.29 is 19.1 Å². The number of benzene rings is 1. The quantitative estimate of drug-likeness (QED) is 0.870. The van der Waals surface area contributed by atoms with Crippen LogP contribution in [0, 0.1) is 0 Å². The maximum atomic E-state index is 12.3. The van der Waals surface area contributed by atoms with Crippen molar-refractivity contribution in [2.24, 2.45) is 5.73 Å². The lowest BCUT2D eigenvalue weighted by molar-refractivity contribution is 0.0990. The second-order valence-electron chi connectivity index (χ2n) is 4.44. The lowest BCUT2D eigenvalue weighted by Crippen LogP contribution is -2.16. The number of methoxy groups -OCH3 is 2. The second kappa shape index (κ2) is 6.97. The number of aromatic nitrogens is 1. The molecule has 0 spiro atoms. The van der Waals surface area contributed by atoms with Crippen molar-refractivity contribution in [2.75, 3.05) is 19.5 Å². The van der Waals surface area contributed by atoms with Crippen molar-refractivity contribution in [1.82, 2.24) is 4.98 Å². The molecule has 2 amide bonds. The topological polar surface area (TPSA) is 104 Å². The van der Waals surface area contributed by atoms with Gasteiger partial charge in [0.1, 0.15) is 17.2 Å². The zero-order valence-electron chi connectivity index (χ0n) is 12.4. The first kappa shape index (κ1) is 16.6. The van der Waals surface area contributed by atoms with Crippen LogP contribution in [0.15, 0.2) is 30.5 Å². The molecule has 1 aromatic heterocycles. The highest BCUT2D eigenvalue weighted by molar-refractivity contribution is 6.32. The first-order valence-electron chi connectivity index (χ1n) is 6.45. The number of nitrogens with one attached hydrogen (secondary N) is 1. The maximum absolute atomic E-state index is 12.3. The highest BCUT2D eigenvalue weighted by atomic mass is 35.5. The van der Waals surface area contributed by atoms with E-state index in [1.807, 2.05) is 0 Å². The van der Waals surface area contributed by atoms with Gasteiger partial charge in [0, 0.05) is 18.3 Å². The van der Waals surface area contributed by atoms with E-state index in [4.69, 9.17) is 26.8 Å².